The Hall–Kier alpha value is -5.12. The van der Waals surface area contributed by atoms with Gasteiger partial charge in [0.2, 0.25) is 0 Å². The zero-order chi connectivity index (χ0) is 27.1. The van der Waals surface area contributed by atoms with Gasteiger partial charge in [-0.25, -0.2) is 9.69 Å². The SMILES string of the molecule is CCOc1cc(/C=C2/C(=O)NC(=O)N(c3ccccc3)C2=O)ccc1OCC(=O)Nc1ccccc1OC. The van der Waals surface area contributed by atoms with Gasteiger partial charge in [0.25, 0.3) is 17.7 Å². The molecule has 3 aromatic carbocycles. The number of nitrogens with zero attached hydrogens (tertiary/aromatic N) is 1. The Morgan fingerprint density at radius 3 is 2.39 bits per heavy atom. The van der Waals surface area contributed by atoms with Crippen molar-refractivity contribution >= 4 is 41.2 Å². The Bertz CT molecular complexity index is 1400. The highest BCUT2D eigenvalue weighted by atomic mass is 16.5. The molecule has 1 heterocycles. The number of anilines is 2. The molecule has 5 amide bonds. The van der Waals surface area contributed by atoms with Crippen LogP contribution in [0.25, 0.3) is 6.08 Å². The summed E-state index contributed by atoms with van der Waals surface area (Å²) in [5.41, 5.74) is 1.08. The van der Waals surface area contributed by atoms with E-state index in [1.807, 2.05) is 0 Å². The highest BCUT2D eigenvalue weighted by molar-refractivity contribution is 6.39. The molecule has 4 rings (SSSR count). The van der Waals surface area contributed by atoms with Gasteiger partial charge in [-0.1, -0.05) is 36.4 Å². The Labute approximate surface area is 218 Å². The lowest BCUT2D eigenvalue weighted by Gasteiger charge is -2.26. The molecule has 0 aliphatic carbocycles. The molecule has 0 aromatic heterocycles. The molecule has 0 radical (unpaired) electrons. The molecule has 1 fully saturated rings. The molecule has 0 unspecified atom stereocenters. The fourth-order valence-electron chi connectivity index (χ4n) is 3.72. The van der Waals surface area contributed by atoms with E-state index in [1.165, 1.54) is 13.2 Å². The van der Waals surface area contributed by atoms with Crippen LogP contribution in [-0.4, -0.2) is 44.1 Å². The quantitative estimate of drug-likeness (QED) is 0.328. The van der Waals surface area contributed by atoms with Crippen LogP contribution in [0, 0.1) is 0 Å². The predicted molar refractivity (Wildman–Crippen MR) is 140 cm³/mol. The summed E-state index contributed by atoms with van der Waals surface area (Å²) in [6.45, 7) is 1.79. The maximum Gasteiger partial charge on any atom is 0.335 e. The smallest absolute Gasteiger partial charge is 0.335 e. The number of carbonyl (C=O) groups is 4. The number of hydrogen-bond acceptors (Lipinski definition) is 7. The summed E-state index contributed by atoms with van der Waals surface area (Å²) >= 11 is 0. The van der Waals surface area contributed by atoms with Gasteiger partial charge in [0.15, 0.2) is 18.1 Å². The van der Waals surface area contributed by atoms with Crippen molar-refractivity contribution in [1.82, 2.24) is 5.32 Å². The van der Waals surface area contributed by atoms with E-state index < -0.39 is 23.8 Å². The summed E-state index contributed by atoms with van der Waals surface area (Å²) in [4.78, 5) is 51.2. The van der Waals surface area contributed by atoms with Crippen LogP contribution in [0.2, 0.25) is 0 Å². The van der Waals surface area contributed by atoms with Gasteiger partial charge in [0.1, 0.15) is 11.3 Å². The van der Waals surface area contributed by atoms with E-state index in [4.69, 9.17) is 14.2 Å². The molecular weight excluding hydrogens is 490 g/mol. The van der Waals surface area contributed by atoms with Gasteiger partial charge in [0.05, 0.1) is 25.1 Å². The minimum absolute atomic E-state index is 0.222. The number of barbiturate groups is 1. The van der Waals surface area contributed by atoms with Crippen molar-refractivity contribution in [3.63, 3.8) is 0 Å². The van der Waals surface area contributed by atoms with Crippen LogP contribution >= 0.6 is 0 Å². The molecule has 1 aliphatic rings. The van der Waals surface area contributed by atoms with Crippen LogP contribution in [-0.2, 0) is 14.4 Å². The zero-order valence-electron chi connectivity index (χ0n) is 20.7. The summed E-state index contributed by atoms with van der Waals surface area (Å²) < 4.78 is 16.6. The first-order chi connectivity index (χ1) is 18.4. The van der Waals surface area contributed by atoms with Crippen LogP contribution in [0.4, 0.5) is 16.2 Å². The molecule has 1 saturated heterocycles. The Morgan fingerprint density at radius 2 is 1.66 bits per heavy atom. The minimum atomic E-state index is -0.825. The van der Waals surface area contributed by atoms with Crippen LogP contribution in [0.5, 0.6) is 17.2 Å². The highest BCUT2D eigenvalue weighted by Crippen LogP contribution is 2.30. The monoisotopic (exact) mass is 515 g/mol. The zero-order valence-corrected chi connectivity index (χ0v) is 20.7. The number of rotatable bonds is 9. The first-order valence-corrected chi connectivity index (χ1v) is 11.7. The number of imide groups is 2. The van der Waals surface area contributed by atoms with Gasteiger partial charge in [-0.3, -0.25) is 19.7 Å². The summed E-state index contributed by atoms with van der Waals surface area (Å²) in [5, 5.41) is 4.92. The van der Waals surface area contributed by atoms with E-state index in [-0.39, 0.29) is 12.2 Å². The van der Waals surface area contributed by atoms with Gasteiger partial charge >= 0.3 is 6.03 Å². The van der Waals surface area contributed by atoms with Crippen molar-refractivity contribution in [2.24, 2.45) is 0 Å². The maximum atomic E-state index is 13.1. The average molecular weight is 516 g/mol. The van der Waals surface area contributed by atoms with Crippen molar-refractivity contribution in [2.75, 3.05) is 30.5 Å². The van der Waals surface area contributed by atoms with Gasteiger partial charge < -0.3 is 19.5 Å². The lowest BCUT2D eigenvalue weighted by molar-refractivity contribution is -0.122. The molecule has 0 saturated carbocycles. The number of para-hydroxylation sites is 3. The Balaban J connectivity index is 1.52. The van der Waals surface area contributed by atoms with E-state index in [1.54, 1.807) is 79.7 Å². The molecule has 1 aliphatic heterocycles. The Kier molecular flexibility index (Phi) is 8.02. The third-order valence-electron chi connectivity index (χ3n) is 5.43. The van der Waals surface area contributed by atoms with Crippen molar-refractivity contribution in [3.8, 4) is 17.2 Å². The van der Waals surface area contributed by atoms with E-state index in [9.17, 15) is 19.2 Å². The van der Waals surface area contributed by atoms with Crippen molar-refractivity contribution in [3.05, 3.63) is 83.9 Å². The lowest BCUT2D eigenvalue weighted by atomic mass is 10.1. The summed E-state index contributed by atoms with van der Waals surface area (Å²) in [6.07, 6.45) is 1.36. The number of amides is 5. The van der Waals surface area contributed by atoms with Crippen LogP contribution < -0.4 is 29.7 Å². The van der Waals surface area contributed by atoms with Crippen LogP contribution in [0.1, 0.15) is 12.5 Å². The second kappa shape index (κ2) is 11.7. The van der Waals surface area contributed by atoms with Crippen LogP contribution in [0.15, 0.2) is 78.4 Å². The molecule has 2 N–H and O–H groups in total. The Morgan fingerprint density at radius 1 is 0.921 bits per heavy atom. The second-order valence-corrected chi connectivity index (χ2v) is 7.97. The van der Waals surface area contributed by atoms with E-state index in [2.05, 4.69) is 10.6 Å². The minimum Gasteiger partial charge on any atom is -0.495 e. The molecule has 0 bridgehead atoms. The van der Waals surface area contributed by atoms with Gasteiger partial charge in [-0.05, 0) is 55.0 Å². The fourth-order valence-corrected chi connectivity index (χ4v) is 3.72. The topological polar surface area (TPSA) is 123 Å². The first-order valence-electron chi connectivity index (χ1n) is 11.7. The summed E-state index contributed by atoms with van der Waals surface area (Å²) in [5.74, 6) is -0.841. The highest BCUT2D eigenvalue weighted by Gasteiger charge is 2.36. The van der Waals surface area contributed by atoms with Crippen LogP contribution in [0.3, 0.4) is 0 Å². The van der Waals surface area contributed by atoms with Crippen molar-refractivity contribution < 1.29 is 33.4 Å². The van der Waals surface area contributed by atoms with E-state index in [0.717, 1.165) is 4.90 Å². The van der Waals surface area contributed by atoms with Crippen molar-refractivity contribution in [2.45, 2.75) is 6.92 Å². The number of urea groups is 1. The molecule has 10 nitrogen and oxygen atoms in total. The first kappa shape index (κ1) is 26.0. The third kappa shape index (κ3) is 5.81. The summed E-state index contributed by atoms with van der Waals surface area (Å²) in [6, 6.07) is 19.2. The van der Waals surface area contributed by atoms with Gasteiger partial charge in [-0.2, -0.15) is 0 Å². The molecule has 38 heavy (non-hydrogen) atoms. The number of methoxy groups -OCH3 is 1. The predicted octanol–water partition coefficient (Wildman–Crippen LogP) is 3.78. The third-order valence-corrected chi connectivity index (χ3v) is 5.43. The number of ether oxygens (including phenoxy) is 3. The molecule has 0 atom stereocenters. The molecular formula is C28H25N3O7. The number of nitrogens with one attached hydrogen (secondary N) is 2. The molecule has 3 aromatic rings. The van der Waals surface area contributed by atoms with E-state index >= 15 is 0 Å². The number of carbonyl (C=O) groups excluding carboxylic acids is 4. The molecule has 0 spiro atoms. The second-order valence-electron chi connectivity index (χ2n) is 7.97. The largest absolute Gasteiger partial charge is 0.495 e. The molecule has 194 valence electrons. The fraction of sp³-hybridized carbons (Fsp3) is 0.143. The number of benzene rings is 3. The number of hydrogen-bond donors (Lipinski definition) is 2. The van der Waals surface area contributed by atoms with Gasteiger partial charge in [-0.15, -0.1) is 0 Å². The van der Waals surface area contributed by atoms with E-state index in [0.29, 0.717) is 40.8 Å². The standard InChI is InChI=1S/C28H25N3O7/c1-3-37-24-16-18(13-14-23(24)38-17-25(32)29-21-11-7-8-12-22(21)36-2)15-20-26(33)30-28(35)31(27(20)34)19-9-5-4-6-10-19/h4-16H,3,17H2,1-2H3,(H,29,32)(H,30,33,35)/b20-15-. The average Bonchev–Trinajstić information content (AvgIpc) is 2.91. The lowest BCUT2D eigenvalue weighted by Crippen LogP contribution is -2.54. The normalized spacial score (nSPS) is 14.2. The van der Waals surface area contributed by atoms with Gasteiger partial charge in [0, 0.05) is 0 Å². The molecule has 10 heteroatoms. The maximum absolute atomic E-state index is 13.1. The summed E-state index contributed by atoms with van der Waals surface area (Å²) in [7, 11) is 1.51. The van der Waals surface area contributed by atoms with Crippen molar-refractivity contribution in [1.29, 1.82) is 0 Å².